The van der Waals surface area contributed by atoms with Gasteiger partial charge in [0.2, 0.25) is 11.4 Å². The molecule has 1 aromatic heterocycles. The Labute approximate surface area is 118 Å². The summed E-state index contributed by atoms with van der Waals surface area (Å²) in [5.74, 6) is -1.99. The van der Waals surface area contributed by atoms with E-state index in [9.17, 15) is 8.78 Å². The average molecular weight is 300 g/mol. The molecular weight excluding hydrogens is 286 g/mol. The zero-order valence-electron chi connectivity index (χ0n) is 11.2. The molecule has 1 unspecified atom stereocenters. The van der Waals surface area contributed by atoms with Crippen molar-refractivity contribution in [2.45, 2.75) is 19.3 Å². The minimum Gasteiger partial charge on any atom is -0.394 e. The van der Waals surface area contributed by atoms with Crippen LogP contribution < -0.4 is 5.32 Å². The van der Waals surface area contributed by atoms with E-state index in [2.05, 4.69) is 10.5 Å². The number of aromatic nitrogens is 1. The van der Waals surface area contributed by atoms with Gasteiger partial charge in [-0.05, 0) is 13.0 Å². The first-order chi connectivity index (χ1) is 10.1. The van der Waals surface area contributed by atoms with Crippen molar-refractivity contribution < 1.29 is 27.9 Å². The van der Waals surface area contributed by atoms with Crippen molar-refractivity contribution in [3.05, 3.63) is 23.3 Å². The highest BCUT2D eigenvalue weighted by molar-refractivity contribution is 5.89. The highest BCUT2D eigenvalue weighted by Crippen LogP contribution is 2.34. The fourth-order valence-electron chi connectivity index (χ4n) is 2.13. The molecule has 0 radical (unpaired) electrons. The van der Waals surface area contributed by atoms with Crippen LogP contribution in [0.5, 0.6) is 0 Å². The predicted octanol–water partition coefficient (Wildman–Crippen LogP) is 1.94. The first-order valence-corrected chi connectivity index (χ1v) is 6.49. The third kappa shape index (κ3) is 2.45. The van der Waals surface area contributed by atoms with Gasteiger partial charge in [-0.3, -0.25) is 0 Å². The van der Waals surface area contributed by atoms with E-state index < -0.39 is 17.9 Å². The van der Waals surface area contributed by atoms with Crippen LogP contribution in [0, 0.1) is 11.6 Å². The van der Waals surface area contributed by atoms with Crippen LogP contribution in [0.2, 0.25) is 0 Å². The summed E-state index contributed by atoms with van der Waals surface area (Å²) in [6.07, 6.45) is -0.943. The van der Waals surface area contributed by atoms with E-state index in [4.69, 9.17) is 19.1 Å². The lowest BCUT2D eigenvalue weighted by Crippen LogP contribution is -2.19. The molecule has 21 heavy (non-hydrogen) atoms. The first kappa shape index (κ1) is 14.2. The van der Waals surface area contributed by atoms with Gasteiger partial charge in [-0.25, -0.2) is 4.39 Å². The molecule has 0 spiro atoms. The van der Waals surface area contributed by atoms with E-state index in [-0.39, 0.29) is 35.0 Å². The molecule has 1 saturated heterocycles. The third-order valence-electron chi connectivity index (χ3n) is 3.21. The van der Waals surface area contributed by atoms with Gasteiger partial charge in [0.1, 0.15) is 0 Å². The van der Waals surface area contributed by atoms with Gasteiger partial charge in [0.05, 0.1) is 25.2 Å². The second-order valence-electron chi connectivity index (χ2n) is 4.80. The van der Waals surface area contributed by atoms with E-state index >= 15 is 0 Å². The summed E-state index contributed by atoms with van der Waals surface area (Å²) < 4.78 is 43.3. The summed E-state index contributed by atoms with van der Waals surface area (Å²) >= 11 is 0. The minimum atomic E-state index is -1.14. The monoisotopic (exact) mass is 300 g/mol. The molecule has 1 fully saturated rings. The fourth-order valence-corrected chi connectivity index (χ4v) is 2.13. The summed E-state index contributed by atoms with van der Waals surface area (Å²) in [5.41, 5.74) is -0.331. The highest BCUT2D eigenvalue weighted by atomic mass is 19.2. The minimum absolute atomic E-state index is 0.0413. The summed E-state index contributed by atoms with van der Waals surface area (Å²) in [7, 11) is 0. The first-order valence-electron chi connectivity index (χ1n) is 6.49. The molecule has 2 N–H and O–H groups in total. The molecule has 1 atom stereocenters. The number of ether oxygens (including phenoxy) is 2. The molecule has 0 saturated carbocycles. The molecule has 114 valence electrons. The molecule has 1 aromatic carbocycles. The molecule has 8 heteroatoms. The Morgan fingerprint density at radius 3 is 2.76 bits per heavy atom. The molecular formula is C13H14F2N2O4. The van der Waals surface area contributed by atoms with Gasteiger partial charge >= 0.3 is 0 Å². The van der Waals surface area contributed by atoms with Crippen molar-refractivity contribution in [2.75, 3.05) is 25.1 Å². The van der Waals surface area contributed by atoms with Crippen molar-refractivity contribution in [1.82, 2.24) is 5.16 Å². The number of anilines is 1. The number of nitrogens with one attached hydrogen (secondary N) is 1. The number of aliphatic hydroxyl groups excluding tert-OH is 1. The molecule has 1 aliphatic rings. The van der Waals surface area contributed by atoms with E-state index in [0.717, 1.165) is 0 Å². The summed E-state index contributed by atoms with van der Waals surface area (Å²) in [6, 6.07) is 1.07. The Hall–Kier alpha value is -1.77. The standard InChI is InChI=1S/C13H14F2N2O4/c1-6(5-18)16-12-8-4-7(13-19-2-3-20-13)9(14)10(15)11(8)21-17-12/h4,6,13,18H,2-3,5H2,1H3,(H,16,17). The van der Waals surface area contributed by atoms with Crippen molar-refractivity contribution >= 4 is 16.8 Å². The van der Waals surface area contributed by atoms with Gasteiger partial charge in [0.15, 0.2) is 17.9 Å². The molecule has 6 nitrogen and oxygen atoms in total. The smallest absolute Gasteiger partial charge is 0.207 e. The Kier molecular flexibility index (Phi) is 3.75. The normalized spacial score (nSPS) is 17.5. The van der Waals surface area contributed by atoms with Crippen molar-refractivity contribution in [1.29, 1.82) is 0 Å². The summed E-state index contributed by atoms with van der Waals surface area (Å²) in [6.45, 7) is 2.21. The Bertz CT molecular complexity index is 655. The van der Waals surface area contributed by atoms with Crippen LogP contribution in [-0.2, 0) is 9.47 Å². The highest BCUT2D eigenvalue weighted by Gasteiger charge is 2.28. The number of aliphatic hydroxyl groups is 1. The zero-order chi connectivity index (χ0) is 15.0. The molecule has 0 amide bonds. The Morgan fingerprint density at radius 2 is 2.10 bits per heavy atom. The number of hydrogen-bond donors (Lipinski definition) is 2. The van der Waals surface area contributed by atoms with Gasteiger partial charge in [-0.1, -0.05) is 5.16 Å². The third-order valence-corrected chi connectivity index (χ3v) is 3.21. The van der Waals surface area contributed by atoms with Crippen molar-refractivity contribution in [3.63, 3.8) is 0 Å². The van der Waals surface area contributed by atoms with Crippen LogP contribution >= 0.6 is 0 Å². The number of halogens is 2. The maximum Gasteiger partial charge on any atom is 0.207 e. The van der Waals surface area contributed by atoms with Crippen molar-refractivity contribution in [2.24, 2.45) is 0 Å². The van der Waals surface area contributed by atoms with E-state index in [1.807, 2.05) is 0 Å². The van der Waals surface area contributed by atoms with Crippen LogP contribution in [0.15, 0.2) is 10.6 Å². The van der Waals surface area contributed by atoms with Crippen LogP contribution in [0.25, 0.3) is 11.0 Å². The number of hydrogen-bond acceptors (Lipinski definition) is 6. The average Bonchev–Trinajstić information content (AvgIpc) is 3.12. The SMILES string of the molecule is CC(CO)Nc1noc2c(F)c(F)c(C3OCCO3)cc12. The van der Waals surface area contributed by atoms with Gasteiger partial charge in [-0.2, -0.15) is 4.39 Å². The Balaban J connectivity index is 2.08. The molecule has 2 heterocycles. The number of rotatable bonds is 4. The predicted molar refractivity (Wildman–Crippen MR) is 68.7 cm³/mol. The molecule has 0 bridgehead atoms. The van der Waals surface area contributed by atoms with Crippen molar-refractivity contribution in [3.8, 4) is 0 Å². The zero-order valence-corrected chi connectivity index (χ0v) is 11.2. The second kappa shape index (κ2) is 5.55. The summed E-state index contributed by atoms with van der Waals surface area (Å²) in [5, 5.41) is 15.8. The largest absolute Gasteiger partial charge is 0.394 e. The second-order valence-corrected chi connectivity index (χ2v) is 4.80. The van der Waals surface area contributed by atoms with Gasteiger partial charge in [0, 0.05) is 11.6 Å². The fraction of sp³-hybridized carbons (Fsp3) is 0.462. The van der Waals surface area contributed by atoms with E-state index in [1.54, 1.807) is 6.92 Å². The van der Waals surface area contributed by atoms with Crippen LogP contribution in [0.4, 0.5) is 14.6 Å². The number of nitrogens with zero attached hydrogens (tertiary/aromatic N) is 1. The van der Waals surface area contributed by atoms with Crippen LogP contribution in [-0.4, -0.2) is 36.1 Å². The Morgan fingerprint density at radius 1 is 1.38 bits per heavy atom. The maximum absolute atomic E-state index is 14.0. The quantitative estimate of drug-likeness (QED) is 0.898. The number of fused-ring (bicyclic) bond motifs is 1. The van der Waals surface area contributed by atoms with Gasteiger partial charge in [-0.15, -0.1) is 0 Å². The van der Waals surface area contributed by atoms with Gasteiger partial charge in [0.25, 0.3) is 0 Å². The van der Waals surface area contributed by atoms with E-state index in [1.165, 1.54) is 6.07 Å². The van der Waals surface area contributed by atoms with Gasteiger partial charge < -0.3 is 24.4 Å². The topological polar surface area (TPSA) is 76.8 Å². The lowest BCUT2D eigenvalue weighted by molar-refractivity contribution is -0.0467. The maximum atomic E-state index is 14.0. The molecule has 2 aromatic rings. The summed E-state index contributed by atoms with van der Waals surface area (Å²) in [4.78, 5) is 0. The van der Waals surface area contributed by atoms with E-state index in [0.29, 0.717) is 13.2 Å². The number of benzene rings is 1. The van der Waals surface area contributed by atoms with Crippen LogP contribution in [0.1, 0.15) is 18.8 Å². The lowest BCUT2D eigenvalue weighted by atomic mass is 10.1. The molecule has 0 aliphatic carbocycles. The lowest BCUT2D eigenvalue weighted by Gasteiger charge is -2.12. The van der Waals surface area contributed by atoms with Crippen LogP contribution in [0.3, 0.4) is 0 Å². The molecule has 1 aliphatic heterocycles. The molecule has 3 rings (SSSR count).